The summed E-state index contributed by atoms with van der Waals surface area (Å²) in [5.74, 6) is 0. The molecule has 104 valence electrons. The summed E-state index contributed by atoms with van der Waals surface area (Å²) in [6, 6.07) is 4.04. The van der Waals surface area contributed by atoms with Crippen molar-refractivity contribution in [2.45, 2.75) is 37.6 Å². The molecule has 1 heterocycles. The van der Waals surface area contributed by atoms with Gasteiger partial charge in [0.25, 0.3) is 0 Å². The van der Waals surface area contributed by atoms with Crippen molar-refractivity contribution in [1.29, 1.82) is 0 Å². The average Bonchev–Trinajstić information content (AvgIpc) is 3.13. The summed E-state index contributed by atoms with van der Waals surface area (Å²) in [6.07, 6.45) is -2.66. The fourth-order valence-corrected chi connectivity index (χ4v) is 2.78. The molecule has 1 fully saturated rings. The first-order valence-electron chi connectivity index (χ1n) is 6.55. The SMILES string of the molecule is CCNC1COC2(CC2)c2cc(C(F)(F)F)ccc21. The third kappa shape index (κ3) is 2.15. The maximum absolute atomic E-state index is 12.8. The van der Waals surface area contributed by atoms with Gasteiger partial charge in [-0.2, -0.15) is 13.2 Å². The summed E-state index contributed by atoms with van der Waals surface area (Å²) in [5, 5.41) is 3.26. The minimum atomic E-state index is -4.30. The summed E-state index contributed by atoms with van der Waals surface area (Å²) >= 11 is 0. The van der Waals surface area contributed by atoms with Crippen molar-refractivity contribution < 1.29 is 17.9 Å². The van der Waals surface area contributed by atoms with Gasteiger partial charge in [0.2, 0.25) is 0 Å². The molecular weight excluding hydrogens is 255 g/mol. The standard InChI is InChI=1S/C14H16F3NO/c1-2-18-12-8-19-13(5-6-13)11-7-9(14(15,16)17)3-4-10(11)12/h3-4,7,12,18H,2,5-6,8H2,1H3. The van der Waals surface area contributed by atoms with E-state index in [1.165, 1.54) is 12.1 Å². The van der Waals surface area contributed by atoms with Crippen LogP contribution >= 0.6 is 0 Å². The third-order valence-electron chi connectivity index (χ3n) is 3.93. The number of rotatable bonds is 2. The molecule has 1 atom stereocenters. The molecule has 1 aliphatic heterocycles. The second kappa shape index (κ2) is 4.21. The first kappa shape index (κ1) is 12.9. The van der Waals surface area contributed by atoms with Gasteiger partial charge in [-0.15, -0.1) is 0 Å². The zero-order valence-corrected chi connectivity index (χ0v) is 10.7. The summed E-state index contributed by atoms with van der Waals surface area (Å²) < 4.78 is 44.3. The van der Waals surface area contributed by atoms with E-state index >= 15 is 0 Å². The van der Waals surface area contributed by atoms with Crippen molar-refractivity contribution in [1.82, 2.24) is 5.32 Å². The van der Waals surface area contributed by atoms with Gasteiger partial charge in [0, 0.05) is 0 Å². The molecule has 19 heavy (non-hydrogen) atoms. The van der Waals surface area contributed by atoms with E-state index in [1.807, 2.05) is 6.92 Å². The van der Waals surface area contributed by atoms with Crippen LogP contribution in [0.15, 0.2) is 18.2 Å². The van der Waals surface area contributed by atoms with Gasteiger partial charge in [-0.25, -0.2) is 0 Å². The molecule has 2 aliphatic rings. The molecule has 1 N–H and O–H groups in total. The van der Waals surface area contributed by atoms with Gasteiger partial charge in [0.05, 0.1) is 23.8 Å². The van der Waals surface area contributed by atoms with E-state index in [0.717, 1.165) is 30.5 Å². The van der Waals surface area contributed by atoms with E-state index in [0.29, 0.717) is 6.61 Å². The molecule has 0 saturated heterocycles. The summed E-state index contributed by atoms with van der Waals surface area (Å²) in [6.45, 7) is 3.28. The minimum Gasteiger partial charge on any atom is -0.368 e. The number of nitrogens with one attached hydrogen (secondary N) is 1. The first-order valence-corrected chi connectivity index (χ1v) is 6.55. The quantitative estimate of drug-likeness (QED) is 0.890. The highest BCUT2D eigenvalue weighted by Crippen LogP contribution is 2.54. The summed E-state index contributed by atoms with van der Waals surface area (Å²) in [4.78, 5) is 0. The fraction of sp³-hybridized carbons (Fsp3) is 0.571. The van der Waals surface area contributed by atoms with Crippen LogP contribution in [0, 0.1) is 0 Å². The number of hydrogen-bond acceptors (Lipinski definition) is 2. The van der Waals surface area contributed by atoms with E-state index < -0.39 is 17.3 Å². The van der Waals surface area contributed by atoms with Gasteiger partial charge in [-0.3, -0.25) is 0 Å². The number of alkyl halides is 3. The molecule has 1 aromatic carbocycles. The Balaban J connectivity index is 2.04. The van der Waals surface area contributed by atoms with Crippen LogP contribution in [-0.4, -0.2) is 13.2 Å². The van der Waals surface area contributed by atoms with E-state index in [9.17, 15) is 13.2 Å². The highest BCUT2D eigenvalue weighted by Gasteiger charge is 2.51. The zero-order valence-electron chi connectivity index (χ0n) is 10.7. The smallest absolute Gasteiger partial charge is 0.368 e. The van der Waals surface area contributed by atoms with Gasteiger partial charge in [0.1, 0.15) is 0 Å². The van der Waals surface area contributed by atoms with Crippen molar-refractivity contribution in [3.05, 3.63) is 34.9 Å². The normalized spacial score (nSPS) is 24.3. The van der Waals surface area contributed by atoms with Gasteiger partial charge < -0.3 is 10.1 Å². The van der Waals surface area contributed by atoms with Gasteiger partial charge in [0.15, 0.2) is 0 Å². The second-order valence-corrected chi connectivity index (χ2v) is 5.22. The van der Waals surface area contributed by atoms with Crippen LogP contribution in [0.1, 0.15) is 42.5 Å². The average molecular weight is 271 g/mol. The maximum Gasteiger partial charge on any atom is 0.416 e. The van der Waals surface area contributed by atoms with Crippen molar-refractivity contribution in [3.63, 3.8) is 0 Å². The number of likely N-dealkylation sites (N-methyl/N-ethyl adjacent to an activating group) is 1. The van der Waals surface area contributed by atoms with Crippen LogP contribution < -0.4 is 5.32 Å². The highest BCUT2D eigenvalue weighted by molar-refractivity contribution is 5.43. The largest absolute Gasteiger partial charge is 0.416 e. The maximum atomic E-state index is 12.8. The van der Waals surface area contributed by atoms with Gasteiger partial charge in [-0.05, 0) is 42.6 Å². The lowest BCUT2D eigenvalue weighted by atomic mass is 9.90. The molecule has 2 nitrogen and oxygen atoms in total. The number of benzene rings is 1. The first-order chi connectivity index (χ1) is 8.96. The van der Waals surface area contributed by atoms with E-state index in [1.54, 1.807) is 6.07 Å². The van der Waals surface area contributed by atoms with Gasteiger partial charge in [-0.1, -0.05) is 13.0 Å². The second-order valence-electron chi connectivity index (χ2n) is 5.22. The Morgan fingerprint density at radius 2 is 2.11 bits per heavy atom. The number of fused-ring (bicyclic) bond motifs is 2. The number of halogens is 3. The van der Waals surface area contributed by atoms with E-state index in [2.05, 4.69) is 5.32 Å². The Morgan fingerprint density at radius 1 is 1.37 bits per heavy atom. The molecule has 0 amide bonds. The molecule has 5 heteroatoms. The van der Waals surface area contributed by atoms with Gasteiger partial charge >= 0.3 is 6.18 Å². The molecule has 1 aromatic rings. The molecule has 1 unspecified atom stereocenters. The predicted octanol–water partition coefficient (Wildman–Crippen LogP) is 3.38. The van der Waals surface area contributed by atoms with Crippen LogP contribution in [0.3, 0.4) is 0 Å². The van der Waals surface area contributed by atoms with Crippen LogP contribution in [0.2, 0.25) is 0 Å². The molecule has 1 saturated carbocycles. The zero-order chi connectivity index (χ0) is 13.7. The van der Waals surface area contributed by atoms with E-state index in [4.69, 9.17) is 4.74 Å². The highest BCUT2D eigenvalue weighted by atomic mass is 19.4. The van der Waals surface area contributed by atoms with Crippen LogP contribution in [0.25, 0.3) is 0 Å². The van der Waals surface area contributed by atoms with E-state index in [-0.39, 0.29) is 6.04 Å². The van der Waals surface area contributed by atoms with Crippen molar-refractivity contribution >= 4 is 0 Å². The Morgan fingerprint density at radius 3 is 2.68 bits per heavy atom. The minimum absolute atomic E-state index is 0.00601. The molecule has 0 radical (unpaired) electrons. The topological polar surface area (TPSA) is 21.3 Å². The Hall–Kier alpha value is -1.07. The third-order valence-corrected chi connectivity index (χ3v) is 3.93. The lowest BCUT2D eigenvalue weighted by Gasteiger charge is -2.33. The molecule has 0 aromatic heterocycles. The fourth-order valence-electron chi connectivity index (χ4n) is 2.78. The Kier molecular flexibility index (Phi) is 2.87. The monoisotopic (exact) mass is 271 g/mol. The van der Waals surface area contributed by atoms with Crippen LogP contribution in [0.5, 0.6) is 0 Å². The molecule has 1 aliphatic carbocycles. The summed E-state index contributed by atoms with van der Waals surface area (Å²) in [7, 11) is 0. The summed E-state index contributed by atoms with van der Waals surface area (Å²) in [5.41, 5.74) is 0.652. The van der Waals surface area contributed by atoms with Crippen LogP contribution in [-0.2, 0) is 16.5 Å². The number of ether oxygens (including phenoxy) is 1. The number of hydrogen-bond donors (Lipinski definition) is 1. The molecule has 1 spiro atoms. The van der Waals surface area contributed by atoms with Crippen molar-refractivity contribution in [3.8, 4) is 0 Å². The molecule has 3 rings (SSSR count). The molecular formula is C14H16F3NO. The Bertz CT molecular complexity index is 494. The lowest BCUT2D eigenvalue weighted by molar-refractivity contribution is -0.137. The Labute approximate surface area is 109 Å². The predicted molar refractivity (Wildman–Crippen MR) is 64.7 cm³/mol. The van der Waals surface area contributed by atoms with Crippen molar-refractivity contribution in [2.75, 3.05) is 13.2 Å². The van der Waals surface area contributed by atoms with Crippen LogP contribution in [0.4, 0.5) is 13.2 Å². The lowest BCUT2D eigenvalue weighted by Crippen LogP contribution is -2.34. The molecule has 0 bridgehead atoms. The van der Waals surface area contributed by atoms with Crippen molar-refractivity contribution in [2.24, 2.45) is 0 Å².